The molecule has 1 amide bonds. The first-order valence-electron chi connectivity index (χ1n) is 8.37. The van der Waals surface area contributed by atoms with E-state index in [1.807, 2.05) is 13.8 Å². The second-order valence-corrected chi connectivity index (χ2v) is 7.80. The summed E-state index contributed by atoms with van der Waals surface area (Å²) in [6, 6.07) is 7.47. The average molecular weight is 429 g/mol. The van der Waals surface area contributed by atoms with Crippen LogP contribution in [0.3, 0.4) is 0 Å². The Morgan fingerprint density at radius 3 is 2.44 bits per heavy atom. The van der Waals surface area contributed by atoms with Crippen molar-refractivity contribution in [1.29, 1.82) is 5.26 Å². The van der Waals surface area contributed by atoms with Crippen LogP contribution in [0, 0.1) is 17.2 Å². The normalized spacial score (nSPS) is 17.9. The summed E-state index contributed by atoms with van der Waals surface area (Å²) >= 11 is 9.32. The Balaban J connectivity index is 1.92. The van der Waals surface area contributed by atoms with Crippen LogP contribution in [0.5, 0.6) is 5.75 Å². The van der Waals surface area contributed by atoms with Crippen molar-refractivity contribution >= 4 is 33.4 Å². The minimum absolute atomic E-state index is 0.0421. The molecule has 2 unspecified atom stereocenters. The molecule has 1 aliphatic heterocycles. The van der Waals surface area contributed by atoms with E-state index in [4.69, 9.17) is 16.3 Å². The van der Waals surface area contributed by atoms with Crippen LogP contribution < -0.4 is 4.74 Å². The minimum atomic E-state index is -0.583. The highest BCUT2D eigenvalue weighted by Gasteiger charge is 2.30. The Morgan fingerprint density at radius 1 is 1.28 bits per heavy atom. The fourth-order valence-electron chi connectivity index (χ4n) is 2.94. The number of hydrogen-bond acceptors (Lipinski definition) is 4. The van der Waals surface area contributed by atoms with Gasteiger partial charge in [-0.1, -0.05) is 25.4 Å². The number of ether oxygens (including phenoxy) is 1. The number of rotatable bonds is 5. The van der Waals surface area contributed by atoms with E-state index in [0.717, 1.165) is 4.47 Å². The molecular weight excluding hydrogens is 406 g/mol. The van der Waals surface area contributed by atoms with Gasteiger partial charge in [0.05, 0.1) is 10.5 Å². The summed E-state index contributed by atoms with van der Waals surface area (Å²) in [6.45, 7) is 8.48. The molecule has 1 heterocycles. The van der Waals surface area contributed by atoms with Gasteiger partial charge < -0.3 is 9.64 Å². The van der Waals surface area contributed by atoms with Crippen molar-refractivity contribution in [3.05, 3.63) is 27.7 Å². The van der Waals surface area contributed by atoms with Crippen LogP contribution in [0.2, 0.25) is 5.02 Å². The Morgan fingerprint density at radius 2 is 1.92 bits per heavy atom. The third kappa shape index (κ3) is 5.10. The second-order valence-electron chi connectivity index (χ2n) is 6.51. The molecule has 1 aromatic carbocycles. The lowest BCUT2D eigenvalue weighted by molar-refractivity contribution is -0.140. The Kier molecular flexibility index (Phi) is 7.12. The predicted molar refractivity (Wildman–Crippen MR) is 102 cm³/mol. The molecule has 2 atom stereocenters. The van der Waals surface area contributed by atoms with E-state index < -0.39 is 6.10 Å². The highest BCUT2D eigenvalue weighted by molar-refractivity contribution is 9.10. The SMILES string of the molecule is CC(Oc1ccc(Cl)cc1Br)C(=O)N1CCN(C(C#N)C(C)C)CC1. The molecule has 0 spiro atoms. The minimum Gasteiger partial charge on any atom is -0.480 e. The van der Waals surface area contributed by atoms with E-state index in [0.29, 0.717) is 37.0 Å². The van der Waals surface area contributed by atoms with Gasteiger partial charge in [0.25, 0.3) is 5.91 Å². The van der Waals surface area contributed by atoms with Gasteiger partial charge in [-0.05, 0) is 47.0 Å². The summed E-state index contributed by atoms with van der Waals surface area (Å²) in [6.07, 6.45) is -0.583. The first-order valence-corrected chi connectivity index (χ1v) is 9.54. The average Bonchev–Trinajstić information content (AvgIpc) is 2.57. The largest absolute Gasteiger partial charge is 0.480 e. The first-order chi connectivity index (χ1) is 11.8. The number of piperazine rings is 1. The number of nitriles is 1. The molecule has 1 fully saturated rings. The topological polar surface area (TPSA) is 56.6 Å². The zero-order valence-electron chi connectivity index (χ0n) is 14.7. The molecular formula is C18H23BrClN3O2. The van der Waals surface area contributed by atoms with Gasteiger partial charge in [0.2, 0.25) is 0 Å². The maximum Gasteiger partial charge on any atom is 0.263 e. The van der Waals surface area contributed by atoms with Gasteiger partial charge in [-0.25, -0.2) is 0 Å². The standard InChI is InChI=1S/C18H23BrClN3O2/c1-12(2)16(11-21)22-6-8-23(9-7-22)18(24)13(3)25-17-5-4-14(20)10-15(17)19/h4-5,10,12-13,16H,6-9H2,1-3H3. The van der Waals surface area contributed by atoms with Crippen molar-refractivity contribution in [3.63, 3.8) is 0 Å². The smallest absolute Gasteiger partial charge is 0.263 e. The fourth-order valence-corrected chi connectivity index (χ4v) is 3.72. The van der Waals surface area contributed by atoms with E-state index in [-0.39, 0.29) is 17.9 Å². The van der Waals surface area contributed by atoms with Crippen molar-refractivity contribution in [2.24, 2.45) is 5.92 Å². The lowest BCUT2D eigenvalue weighted by Crippen LogP contribution is -2.54. The number of carbonyl (C=O) groups excluding carboxylic acids is 1. The molecule has 0 saturated carbocycles. The molecule has 2 rings (SSSR count). The van der Waals surface area contributed by atoms with Crippen LogP contribution in [0.25, 0.3) is 0 Å². The van der Waals surface area contributed by atoms with Gasteiger partial charge in [-0.2, -0.15) is 5.26 Å². The van der Waals surface area contributed by atoms with Gasteiger partial charge in [-0.3, -0.25) is 9.69 Å². The van der Waals surface area contributed by atoms with Gasteiger partial charge >= 0.3 is 0 Å². The number of carbonyl (C=O) groups is 1. The summed E-state index contributed by atoms with van der Waals surface area (Å²) in [5, 5.41) is 9.92. The monoisotopic (exact) mass is 427 g/mol. The third-order valence-electron chi connectivity index (χ3n) is 4.33. The molecule has 0 radical (unpaired) electrons. The molecule has 0 aliphatic carbocycles. The molecule has 136 valence electrons. The fraction of sp³-hybridized carbons (Fsp3) is 0.556. The lowest BCUT2D eigenvalue weighted by Gasteiger charge is -2.38. The zero-order valence-corrected chi connectivity index (χ0v) is 17.0. The molecule has 1 aliphatic rings. The number of halogens is 2. The zero-order chi connectivity index (χ0) is 18.6. The van der Waals surface area contributed by atoms with Crippen LogP contribution in [0.4, 0.5) is 0 Å². The van der Waals surface area contributed by atoms with Gasteiger partial charge in [0.15, 0.2) is 6.10 Å². The Labute approximate surface area is 162 Å². The van der Waals surface area contributed by atoms with E-state index >= 15 is 0 Å². The molecule has 25 heavy (non-hydrogen) atoms. The lowest BCUT2D eigenvalue weighted by atomic mass is 10.0. The predicted octanol–water partition coefficient (Wildman–Crippen LogP) is 3.56. The molecule has 0 aromatic heterocycles. The highest BCUT2D eigenvalue weighted by Crippen LogP contribution is 2.29. The molecule has 0 bridgehead atoms. The van der Waals surface area contributed by atoms with Crippen molar-refractivity contribution in [1.82, 2.24) is 9.80 Å². The maximum atomic E-state index is 12.6. The number of amides is 1. The second kappa shape index (κ2) is 8.88. The summed E-state index contributed by atoms with van der Waals surface area (Å²) < 4.78 is 6.51. The van der Waals surface area contributed by atoms with E-state index in [1.54, 1.807) is 30.0 Å². The number of benzene rings is 1. The molecule has 5 nitrogen and oxygen atoms in total. The number of hydrogen-bond donors (Lipinski definition) is 0. The Hall–Kier alpha value is -1.29. The molecule has 0 N–H and O–H groups in total. The Bertz CT molecular complexity index is 654. The van der Waals surface area contributed by atoms with Gasteiger partial charge in [-0.15, -0.1) is 0 Å². The molecule has 1 aromatic rings. The third-order valence-corrected chi connectivity index (χ3v) is 5.18. The molecule has 7 heteroatoms. The van der Waals surface area contributed by atoms with Crippen LogP contribution >= 0.6 is 27.5 Å². The molecule has 1 saturated heterocycles. The van der Waals surface area contributed by atoms with Crippen molar-refractivity contribution < 1.29 is 9.53 Å². The summed E-state index contributed by atoms with van der Waals surface area (Å²) in [5.41, 5.74) is 0. The summed E-state index contributed by atoms with van der Waals surface area (Å²) in [7, 11) is 0. The maximum absolute atomic E-state index is 12.6. The van der Waals surface area contributed by atoms with Crippen molar-refractivity contribution in [2.75, 3.05) is 26.2 Å². The quantitative estimate of drug-likeness (QED) is 0.719. The summed E-state index contributed by atoms with van der Waals surface area (Å²) in [5.74, 6) is 0.824. The van der Waals surface area contributed by atoms with Gasteiger partial charge in [0, 0.05) is 31.2 Å². The van der Waals surface area contributed by atoms with Gasteiger partial charge in [0.1, 0.15) is 11.8 Å². The highest BCUT2D eigenvalue weighted by atomic mass is 79.9. The first kappa shape index (κ1) is 20.0. The van der Waals surface area contributed by atoms with Crippen LogP contribution in [-0.4, -0.2) is 54.0 Å². The van der Waals surface area contributed by atoms with E-state index in [2.05, 4.69) is 26.9 Å². The van der Waals surface area contributed by atoms with Crippen molar-refractivity contribution in [3.8, 4) is 11.8 Å². The van der Waals surface area contributed by atoms with Crippen LogP contribution in [0.1, 0.15) is 20.8 Å². The van der Waals surface area contributed by atoms with Crippen LogP contribution in [-0.2, 0) is 4.79 Å². The number of nitrogens with zero attached hydrogens (tertiary/aromatic N) is 3. The van der Waals surface area contributed by atoms with Crippen LogP contribution in [0.15, 0.2) is 22.7 Å². The van der Waals surface area contributed by atoms with E-state index in [1.165, 1.54) is 0 Å². The van der Waals surface area contributed by atoms with Crippen molar-refractivity contribution in [2.45, 2.75) is 32.9 Å². The summed E-state index contributed by atoms with van der Waals surface area (Å²) in [4.78, 5) is 16.6. The van der Waals surface area contributed by atoms with E-state index in [9.17, 15) is 10.1 Å².